The molecular weight excluding hydrogens is 98.1 g/mol. The Labute approximate surface area is 49.4 Å². The fourth-order valence-electron chi connectivity index (χ4n) is 0.657. The van der Waals surface area contributed by atoms with Crippen molar-refractivity contribution < 1.29 is 4.98 Å². The van der Waals surface area contributed by atoms with Gasteiger partial charge in [0.25, 0.3) is 0 Å². The minimum Gasteiger partial charge on any atom is -0.218 e. The van der Waals surface area contributed by atoms with Gasteiger partial charge in [-0.2, -0.15) is 0 Å². The molecule has 0 saturated carbocycles. The Kier molecular flexibility index (Phi) is 1.62. The summed E-state index contributed by atoms with van der Waals surface area (Å²) < 4.78 is 0. The van der Waals surface area contributed by atoms with Crippen molar-refractivity contribution in [3.63, 3.8) is 0 Å². The average Bonchev–Trinajstić information content (AvgIpc) is 1.90. The average molecular weight is 108 g/mol. The summed E-state index contributed by atoms with van der Waals surface area (Å²) in [4.78, 5) is 2.97. The summed E-state index contributed by atoms with van der Waals surface area (Å²) in [6, 6.07) is 4.17. The van der Waals surface area contributed by atoms with Crippen molar-refractivity contribution in [2.45, 2.75) is 13.3 Å². The van der Waals surface area contributed by atoms with Crippen LogP contribution in [0.3, 0.4) is 0 Å². The van der Waals surface area contributed by atoms with E-state index in [1.54, 1.807) is 0 Å². The molecule has 0 atom stereocenters. The number of aromatic amines is 1. The van der Waals surface area contributed by atoms with E-state index in [1.807, 2.05) is 12.4 Å². The second-order valence-electron chi connectivity index (χ2n) is 1.76. The molecule has 1 rings (SSSR count). The second kappa shape index (κ2) is 2.46. The first kappa shape index (κ1) is 5.29. The smallest absolute Gasteiger partial charge is 0.167 e. The Hall–Kier alpha value is -0.850. The maximum Gasteiger partial charge on any atom is 0.167 e. The van der Waals surface area contributed by atoms with Gasteiger partial charge in [-0.3, -0.25) is 0 Å². The summed E-state index contributed by atoms with van der Waals surface area (Å²) in [7, 11) is 0. The molecule has 0 aliphatic rings. The highest BCUT2D eigenvalue weighted by Crippen LogP contribution is 1.92. The third kappa shape index (κ3) is 1.06. The molecule has 0 fully saturated rings. The monoisotopic (exact) mass is 108 g/mol. The van der Waals surface area contributed by atoms with Gasteiger partial charge in [0, 0.05) is 12.1 Å². The molecule has 0 saturated heterocycles. The molecule has 0 bridgehead atoms. The lowest BCUT2D eigenvalue weighted by molar-refractivity contribution is -0.378. The molecule has 0 unspecified atom stereocenters. The molecule has 1 nitrogen and oxygen atoms in total. The van der Waals surface area contributed by atoms with Crippen LogP contribution in [0.4, 0.5) is 0 Å². The topological polar surface area (TPSA) is 14.1 Å². The largest absolute Gasteiger partial charge is 0.218 e. The Balaban J connectivity index is 2.83. The van der Waals surface area contributed by atoms with Crippen LogP contribution in [0.15, 0.2) is 24.5 Å². The van der Waals surface area contributed by atoms with Gasteiger partial charge in [0.15, 0.2) is 12.4 Å². The summed E-state index contributed by atoms with van der Waals surface area (Å²) in [6.45, 7) is 2.15. The highest BCUT2D eigenvalue weighted by atomic mass is 14.6. The Morgan fingerprint density at radius 3 is 2.38 bits per heavy atom. The van der Waals surface area contributed by atoms with Crippen molar-refractivity contribution >= 4 is 0 Å². The van der Waals surface area contributed by atoms with Crippen LogP contribution in [0.2, 0.25) is 0 Å². The Morgan fingerprint density at radius 1 is 1.38 bits per heavy atom. The van der Waals surface area contributed by atoms with Gasteiger partial charge in [-0.1, -0.05) is 6.92 Å². The molecule has 1 aromatic rings. The molecule has 8 heavy (non-hydrogen) atoms. The van der Waals surface area contributed by atoms with Gasteiger partial charge in [-0.25, -0.2) is 4.98 Å². The summed E-state index contributed by atoms with van der Waals surface area (Å²) in [5, 5.41) is 0. The first-order chi connectivity index (χ1) is 3.93. The number of pyridine rings is 1. The zero-order valence-corrected chi connectivity index (χ0v) is 5.02. The van der Waals surface area contributed by atoms with Crippen molar-refractivity contribution in [3.8, 4) is 0 Å². The van der Waals surface area contributed by atoms with Gasteiger partial charge >= 0.3 is 0 Å². The van der Waals surface area contributed by atoms with Gasteiger partial charge in [0.1, 0.15) is 0 Å². The number of hydrogen-bond acceptors (Lipinski definition) is 0. The van der Waals surface area contributed by atoms with E-state index in [0.717, 1.165) is 6.42 Å². The number of nitrogens with one attached hydrogen (secondary N) is 1. The lowest BCUT2D eigenvalue weighted by Gasteiger charge is -1.85. The van der Waals surface area contributed by atoms with Crippen LogP contribution in [0.25, 0.3) is 0 Å². The van der Waals surface area contributed by atoms with Crippen LogP contribution in [-0.4, -0.2) is 0 Å². The van der Waals surface area contributed by atoms with E-state index < -0.39 is 0 Å². The van der Waals surface area contributed by atoms with Gasteiger partial charge in [0.2, 0.25) is 0 Å². The van der Waals surface area contributed by atoms with Gasteiger partial charge in [-0.05, 0) is 12.0 Å². The first-order valence-corrected chi connectivity index (χ1v) is 2.88. The van der Waals surface area contributed by atoms with Gasteiger partial charge in [0.05, 0.1) is 0 Å². The van der Waals surface area contributed by atoms with Crippen molar-refractivity contribution in [1.29, 1.82) is 0 Å². The van der Waals surface area contributed by atoms with Gasteiger partial charge < -0.3 is 0 Å². The molecule has 0 aliphatic carbocycles. The molecule has 42 valence electrons. The molecule has 0 aromatic carbocycles. The van der Waals surface area contributed by atoms with Crippen LogP contribution < -0.4 is 4.98 Å². The highest BCUT2D eigenvalue weighted by Gasteiger charge is 1.84. The number of H-pyrrole nitrogens is 1. The van der Waals surface area contributed by atoms with Gasteiger partial charge in [-0.15, -0.1) is 0 Å². The normalized spacial score (nSPS) is 9.12. The minimum absolute atomic E-state index is 1.12. The van der Waals surface area contributed by atoms with Crippen molar-refractivity contribution in [2.75, 3.05) is 0 Å². The van der Waals surface area contributed by atoms with Crippen molar-refractivity contribution in [1.82, 2.24) is 0 Å². The molecule has 0 amide bonds. The van der Waals surface area contributed by atoms with E-state index in [9.17, 15) is 0 Å². The molecule has 1 aromatic heterocycles. The van der Waals surface area contributed by atoms with E-state index >= 15 is 0 Å². The fourth-order valence-corrected chi connectivity index (χ4v) is 0.657. The van der Waals surface area contributed by atoms with E-state index in [2.05, 4.69) is 24.0 Å². The molecular formula is C7H10N+. The van der Waals surface area contributed by atoms with E-state index in [0.29, 0.717) is 0 Å². The predicted molar refractivity (Wildman–Crippen MR) is 32.4 cm³/mol. The standard InChI is InChI=1S/C7H9N/c1-2-7-3-5-8-6-4-7/h3-6H,2H2,1H3/p+1. The first-order valence-electron chi connectivity index (χ1n) is 2.88. The molecule has 1 N–H and O–H groups in total. The SMILES string of the molecule is CCc1cc[nH+]cc1. The quantitative estimate of drug-likeness (QED) is 0.511. The van der Waals surface area contributed by atoms with Crippen LogP contribution in [0, 0.1) is 0 Å². The maximum atomic E-state index is 2.97. The molecule has 1 heterocycles. The Bertz CT molecular complexity index is 146. The van der Waals surface area contributed by atoms with E-state index in [4.69, 9.17) is 0 Å². The summed E-state index contributed by atoms with van der Waals surface area (Å²) >= 11 is 0. The number of aryl methyl sites for hydroxylation is 1. The third-order valence-electron chi connectivity index (χ3n) is 1.20. The molecule has 0 spiro atoms. The van der Waals surface area contributed by atoms with E-state index in [-0.39, 0.29) is 0 Å². The maximum absolute atomic E-state index is 2.97. The molecule has 1 heteroatoms. The second-order valence-corrected chi connectivity index (χ2v) is 1.76. The predicted octanol–water partition coefficient (Wildman–Crippen LogP) is 1.06. The molecule has 0 radical (unpaired) electrons. The fraction of sp³-hybridized carbons (Fsp3) is 0.286. The number of hydrogen-bond donors (Lipinski definition) is 0. The van der Waals surface area contributed by atoms with E-state index in [1.165, 1.54) is 5.56 Å². The van der Waals surface area contributed by atoms with Crippen molar-refractivity contribution in [2.24, 2.45) is 0 Å². The summed E-state index contributed by atoms with van der Waals surface area (Å²) in [5.74, 6) is 0. The third-order valence-corrected chi connectivity index (χ3v) is 1.20. The molecule has 0 aliphatic heterocycles. The summed E-state index contributed by atoms with van der Waals surface area (Å²) in [6.07, 6.45) is 5.01. The van der Waals surface area contributed by atoms with Crippen LogP contribution in [0.1, 0.15) is 12.5 Å². The highest BCUT2D eigenvalue weighted by molar-refractivity contribution is 5.05. The summed E-state index contributed by atoms with van der Waals surface area (Å²) in [5.41, 5.74) is 1.38. The van der Waals surface area contributed by atoms with Crippen molar-refractivity contribution in [3.05, 3.63) is 30.1 Å². The zero-order valence-electron chi connectivity index (χ0n) is 5.02. The minimum atomic E-state index is 1.12. The van der Waals surface area contributed by atoms with Crippen LogP contribution in [-0.2, 0) is 6.42 Å². The lowest BCUT2D eigenvalue weighted by Crippen LogP contribution is -1.97. The number of aromatic nitrogens is 1. The zero-order chi connectivity index (χ0) is 5.82. The number of rotatable bonds is 1. The van der Waals surface area contributed by atoms with Crippen LogP contribution >= 0.6 is 0 Å². The lowest BCUT2D eigenvalue weighted by atomic mass is 10.2. The van der Waals surface area contributed by atoms with Crippen LogP contribution in [0.5, 0.6) is 0 Å². The Morgan fingerprint density at radius 2 is 2.00 bits per heavy atom.